The van der Waals surface area contributed by atoms with E-state index in [9.17, 15) is 4.79 Å². The summed E-state index contributed by atoms with van der Waals surface area (Å²) in [7, 11) is 1.58. The Balaban J connectivity index is 2.57. The van der Waals surface area contributed by atoms with E-state index < -0.39 is 0 Å². The number of rotatable bonds is 3. The normalized spacial score (nSPS) is 13.2. The van der Waals surface area contributed by atoms with Crippen molar-refractivity contribution in [1.29, 1.82) is 0 Å². The van der Waals surface area contributed by atoms with Gasteiger partial charge in [-0.05, 0) is 17.5 Å². The molecule has 0 radical (unpaired) electrons. The van der Waals surface area contributed by atoms with Gasteiger partial charge in [0.15, 0.2) is 5.82 Å². The lowest BCUT2D eigenvalue weighted by molar-refractivity contribution is 0.312. The molecule has 0 fully saturated rings. The maximum atomic E-state index is 12.0. The molecule has 0 aliphatic heterocycles. The summed E-state index contributed by atoms with van der Waals surface area (Å²) in [5, 5.41) is 6.54. The van der Waals surface area contributed by atoms with Crippen molar-refractivity contribution in [3.05, 3.63) is 40.6 Å². The van der Waals surface area contributed by atoms with Crippen LogP contribution in [0, 0.1) is 5.41 Å². The van der Waals surface area contributed by atoms with Gasteiger partial charge in [0.2, 0.25) is 0 Å². The summed E-state index contributed by atoms with van der Waals surface area (Å²) in [6.07, 6.45) is 0. The molecule has 0 unspecified atom stereocenters. The number of methoxy groups -OCH3 is 1. The molecule has 108 valence electrons. The van der Waals surface area contributed by atoms with Crippen LogP contribution in [-0.4, -0.2) is 21.9 Å². The van der Waals surface area contributed by atoms with Crippen molar-refractivity contribution in [2.45, 2.75) is 26.8 Å². The number of ether oxygens (including phenoxy) is 1. The fraction of sp³-hybridized carbons (Fsp3) is 0.429. The Morgan fingerprint density at radius 1 is 1.40 bits per heavy atom. The first-order chi connectivity index (χ1) is 9.34. The highest BCUT2D eigenvalue weighted by molar-refractivity contribution is 5.40. The van der Waals surface area contributed by atoms with Crippen LogP contribution in [-0.2, 0) is 0 Å². The second-order valence-corrected chi connectivity index (χ2v) is 5.77. The van der Waals surface area contributed by atoms with Crippen LogP contribution < -0.4 is 16.2 Å². The average molecular weight is 276 g/mol. The van der Waals surface area contributed by atoms with Crippen molar-refractivity contribution in [2.24, 2.45) is 11.1 Å². The number of hydrogen-bond acceptors (Lipinski definition) is 4. The Hall–Kier alpha value is -2.08. The number of benzene rings is 1. The highest BCUT2D eigenvalue weighted by atomic mass is 16.5. The average Bonchev–Trinajstić information content (AvgIpc) is 2.78. The summed E-state index contributed by atoms with van der Waals surface area (Å²) >= 11 is 0. The molecule has 2 aromatic rings. The molecule has 0 amide bonds. The number of nitrogens with two attached hydrogens (primary N) is 1. The number of hydrogen-bond donors (Lipinski definition) is 2. The molecule has 2 rings (SSSR count). The summed E-state index contributed by atoms with van der Waals surface area (Å²) in [4.78, 5) is 12.0. The maximum absolute atomic E-state index is 12.0. The van der Waals surface area contributed by atoms with Crippen LogP contribution in [0.2, 0.25) is 0 Å². The van der Waals surface area contributed by atoms with Crippen LogP contribution in [0.1, 0.15) is 32.6 Å². The zero-order chi connectivity index (χ0) is 14.9. The first kappa shape index (κ1) is 14.3. The molecule has 6 heteroatoms. The second-order valence-electron chi connectivity index (χ2n) is 5.77. The molecule has 1 heterocycles. The van der Waals surface area contributed by atoms with Crippen molar-refractivity contribution in [1.82, 2.24) is 14.8 Å². The van der Waals surface area contributed by atoms with Gasteiger partial charge < -0.3 is 10.5 Å². The summed E-state index contributed by atoms with van der Waals surface area (Å²) in [6.45, 7) is 6.02. The van der Waals surface area contributed by atoms with Crippen molar-refractivity contribution < 1.29 is 4.74 Å². The smallest absolute Gasteiger partial charge is 0.347 e. The molecule has 6 nitrogen and oxygen atoms in total. The first-order valence-electron chi connectivity index (χ1n) is 6.42. The lowest BCUT2D eigenvalue weighted by Gasteiger charge is -2.26. The van der Waals surface area contributed by atoms with Gasteiger partial charge in [-0.3, -0.25) is 0 Å². The van der Waals surface area contributed by atoms with E-state index in [2.05, 4.69) is 10.2 Å². The van der Waals surface area contributed by atoms with Crippen molar-refractivity contribution in [3.63, 3.8) is 0 Å². The van der Waals surface area contributed by atoms with E-state index in [1.165, 1.54) is 4.57 Å². The Labute approximate surface area is 117 Å². The molecule has 0 bridgehead atoms. The molecule has 0 saturated carbocycles. The maximum Gasteiger partial charge on any atom is 0.347 e. The van der Waals surface area contributed by atoms with Gasteiger partial charge in [0.05, 0.1) is 18.8 Å². The molecule has 20 heavy (non-hydrogen) atoms. The Morgan fingerprint density at radius 2 is 2.10 bits per heavy atom. The van der Waals surface area contributed by atoms with Gasteiger partial charge in [-0.1, -0.05) is 26.8 Å². The third kappa shape index (κ3) is 2.60. The van der Waals surface area contributed by atoms with Crippen LogP contribution in [0.5, 0.6) is 5.75 Å². The van der Waals surface area contributed by atoms with E-state index in [0.29, 0.717) is 17.3 Å². The van der Waals surface area contributed by atoms with E-state index in [1.54, 1.807) is 13.2 Å². The summed E-state index contributed by atoms with van der Waals surface area (Å²) < 4.78 is 6.67. The number of H-pyrrole nitrogens is 1. The Morgan fingerprint density at radius 3 is 2.70 bits per heavy atom. The van der Waals surface area contributed by atoms with E-state index in [0.717, 1.165) is 0 Å². The minimum absolute atomic E-state index is 0.206. The SMILES string of the molecule is COc1cccc(-n2c([C@@H](N)C(C)(C)C)n[nH]c2=O)c1. The largest absolute Gasteiger partial charge is 0.497 e. The van der Waals surface area contributed by atoms with Gasteiger partial charge in [-0.2, -0.15) is 5.10 Å². The summed E-state index contributed by atoms with van der Waals surface area (Å²) in [5.41, 5.74) is 6.38. The third-order valence-corrected chi connectivity index (χ3v) is 3.22. The van der Waals surface area contributed by atoms with Gasteiger partial charge in [-0.25, -0.2) is 14.5 Å². The second kappa shape index (κ2) is 5.13. The molecule has 0 aliphatic rings. The predicted molar refractivity (Wildman–Crippen MR) is 77.1 cm³/mol. The minimum Gasteiger partial charge on any atom is -0.497 e. The van der Waals surface area contributed by atoms with E-state index in [1.807, 2.05) is 39.0 Å². The standard InChI is InChI=1S/C14H20N4O2/c1-14(2,3)11(15)12-16-17-13(19)18(12)9-6-5-7-10(8-9)20-4/h5-8,11H,15H2,1-4H3,(H,17,19)/t11-/m1/s1. The molecule has 0 saturated heterocycles. The van der Waals surface area contributed by atoms with Gasteiger partial charge >= 0.3 is 5.69 Å². The Bertz CT molecular complexity index is 652. The molecule has 3 N–H and O–H groups in total. The number of nitrogens with zero attached hydrogens (tertiary/aromatic N) is 2. The van der Waals surface area contributed by atoms with Gasteiger partial charge in [0.25, 0.3) is 0 Å². The number of aromatic amines is 1. The molecule has 1 aromatic heterocycles. The van der Waals surface area contributed by atoms with Crippen LogP contribution in [0.15, 0.2) is 29.1 Å². The molecular formula is C14H20N4O2. The summed E-state index contributed by atoms with van der Waals surface area (Å²) in [5.74, 6) is 1.18. The lowest BCUT2D eigenvalue weighted by atomic mass is 9.87. The van der Waals surface area contributed by atoms with Gasteiger partial charge in [-0.15, -0.1) is 0 Å². The van der Waals surface area contributed by atoms with Crippen LogP contribution >= 0.6 is 0 Å². The number of nitrogens with one attached hydrogen (secondary N) is 1. The van der Waals surface area contributed by atoms with Crippen molar-refractivity contribution in [3.8, 4) is 11.4 Å². The number of aromatic nitrogens is 3. The molecule has 0 spiro atoms. The van der Waals surface area contributed by atoms with Crippen molar-refractivity contribution >= 4 is 0 Å². The third-order valence-electron chi connectivity index (χ3n) is 3.22. The first-order valence-corrected chi connectivity index (χ1v) is 6.42. The zero-order valence-corrected chi connectivity index (χ0v) is 12.2. The lowest BCUT2D eigenvalue weighted by Crippen LogP contribution is -2.30. The highest BCUT2D eigenvalue weighted by Crippen LogP contribution is 2.29. The van der Waals surface area contributed by atoms with E-state index >= 15 is 0 Å². The molecule has 1 aromatic carbocycles. The quantitative estimate of drug-likeness (QED) is 0.892. The van der Waals surface area contributed by atoms with Crippen LogP contribution in [0.3, 0.4) is 0 Å². The zero-order valence-electron chi connectivity index (χ0n) is 12.2. The van der Waals surface area contributed by atoms with Gasteiger partial charge in [0.1, 0.15) is 5.75 Å². The molecule has 1 atom stereocenters. The predicted octanol–water partition coefficient (Wildman–Crippen LogP) is 1.62. The van der Waals surface area contributed by atoms with Crippen molar-refractivity contribution in [2.75, 3.05) is 7.11 Å². The molecular weight excluding hydrogens is 256 g/mol. The van der Waals surface area contributed by atoms with E-state index in [-0.39, 0.29) is 17.1 Å². The fourth-order valence-corrected chi connectivity index (χ4v) is 1.90. The van der Waals surface area contributed by atoms with Gasteiger partial charge in [0, 0.05) is 6.07 Å². The summed E-state index contributed by atoms with van der Waals surface area (Å²) in [6, 6.07) is 6.86. The van der Waals surface area contributed by atoms with Crippen LogP contribution in [0.4, 0.5) is 0 Å². The van der Waals surface area contributed by atoms with Crippen LogP contribution in [0.25, 0.3) is 5.69 Å². The topological polar surface area (TPSA) is 85.9 Å². The fourth-order valence-electron chi connectivity index (χ4n) is 1.90. The van der Waals surface area contributed by atoms with E-state index in [4.69, 9.17) is 10.5 Å². The Kier molecular flexibility index (Phi) is 3.67. The minimum atomic E-state index is -0.368. The molecule has 0 aliphatic carbocycles. The highest BCUT2D eigenvalue weighted by Gasteiger charge is 2.28. The monoisotopic (exact) mass is 276 g/mol.